The van der Waals surface area contributed by atoms with E-state index in [0.29, 0.717) is 14.4 Å². The average molecular weight is 348 g/mol. The van der Waals surface area contributed by atoms with Gasteiger partial charge in [-0.2, -0.15) is 0 Å². The van der Waals surface area contributed by atoms with Crippen molar-refractivity contribution in [2.24, 2.45) is 0 Å². The Morgan fingerprint density at radius 2 is 2.25 bits per heavy atom. The molecule has 1 heterocycles. The Morgan fingerprint density at radius 3 is 2.81 bits per heavy atom. The van der Waals surface area contributed by atoms with Crippen LogP contribution in [0.1, 0.15) is 0 Å². The van der Waals surface area contributed by atoms with Crippen LogP contribution in [0.3, 0.4) is 0 Å². The lowest BCUT2D eigenvalue weighted by atomic mass is 10.1. The summed E-state index contributed by atoms with van der Waals surface area (Å²) < 4.78 is 0.669. The van der Waals surface area contributed by atoms with Crippen LogP contribution >= 0.6 is 33.9 Å². The number of hydrogen-bond acceptors (Lipinski definition) is 6. The summed E-state index contributed by atoms with van der Waals surface area (Å²) in [6.07, 6.45) is 0. The fraction of sp³-hybridized carbons (Fsp3) is 0. The van der Waals surface area contributed by atoms with Crippen molar-refractivity contribution in [3.05, 3.63) is 32.4 Å². The number of nitrogens with zero attached hydrogens (tertiary/aromatic N) is 2. The molecule has 0 saturated heterocycles. The highest BCUT2D eigenvalue weighted by Gasteiger charge is 2.06. The summed E-state index contributed by atoms with van der Waals surface area (Å²) in [4.78, 5) is 4.10. The molecule has 0 saturated carbocycles. The number of halogens is 1. The predicted molar refractivity (Wildman–Crippen MR) is 72.3 cm³/mol. The number of anilines is 2. The van der Waals surface area contributed by atoms with Gasteiger partial charge in [-0.05, 0) is 34.7 Å². The Bertz CT molecular complexity index is 515. The lowest BCUT2D eigenvalue weighted by Gasteiger charge is -2.23. The first-order valence-corrected chi connectivity index (χ1v) is 6.21. The highest BCUT2D eigenvalue weighted by atomic mass is 127. The maximum Gasteiger partial charge on any atom is 0.180 e. The Kier molecular flexibility index (Phi) is 3.28. The van der Waals surface area contributed by atoms with Gasteiger partial charge in [0.25, 0.3) is 0 Å². The zero-order valence-corrected chi connectivity index (χ0v) is 10.9. The second-order valence-corrected chi connectivity index (χ2v) is 5.06. The molecule has 0 atom stereocenters. The lowest BCUT2D eigenvalue weighted by Crippen LogP contribution is -2.08. The molecule has 0 aliphatic rings. The highest BCUT2D eigenvalue weighted by molar-refractivity contribution is 14.1. The smallest absolute Gasteiger partial charge is 0.180 e. The normalized spacial score (nSPS) is 10.4. The van der Waals surface area contributed by atoms with Gasteiger partial charge in [0.2, 0.25) is 0 Å². The van der Waals surface area contributed by atoms with Gasteiger partial charge in [-0.1, -0.05) is 6.07 Å². The first-order valence-electron chi connectivity index (χ1n) is 4.25. The molecule has 84 valence electrons. The van der Waals surface area contributed by atoms with E-state index in [2.05, 4.69) is 4.98 Å². The van der Waals surface area contributed by atoms with Crippen LogP contribution in [-0.2, 0) is 0 Å². The number of hydrogen-bond donors (Lipinski definition) is 2. The van der Waals surface area contributed by atoms with Gasteiger partial charge < -0.3 is 16.2 Å². The summed E-state index contributed by atoms with van der Waals surface area (Å²) in [5.74, 6) is 0. The van der Waals surface area contributed by atoms with Crippen LogP contribution in [0.15, 0.2) is 23.6 Å². The third-order valence-electron chi connectivity index (χ3n) is 1.97. The highest BCUT2D eigenvalue weighted by Crippen LogP contribution is 2.29. The Balaban J connectivity index is 2.47. The number of nitrogen functional groups attached to an aromatic ring is 1. The maximum atomic E-state index is 10.9. The fourth-order valence-electron chi connectivity index (χ4n) is 1.24. The van der Waals surface area contributed by atoms with E-state index >= 15 is 0 Å². The van der Waals surface area contributed by atoms with Gasteiger partial charge in [-0.3, -0.25) is 5.21 Å². The maximum absolute atomic E-state index is 10.9. The Hall–Kier alpha value is -0.900. The van der Waals surface area contributed by atoms with Crippen molar-refractivity contribution in [1.82, 2.24) is 4.98 Å². The monoisotopic (exact) mass is 348 g/mol. The molecule has 0 spiro atoms. The van der Waals surface area contributed by atoms with Gasteiger partial charge in [0.15, 0.2) is 5.13 Å². The van der Waals surface area contributed by atoms with Crippen LogP contribution in [0.4, 0.5) is 10.8 Å². The van der Waals surface area contributed by atoms with Crippen molar-refractivity contribution in [2.75, 3.05) is 11.0 Å². The number of nitrogens with two attached hydrogens (primary N) is 1. The van der Waals surface area contributed by atoms with Crippen molar-refractivity contribution in [3.8, 4) is 11.3 Å². The number of rotatable bonds is 2. The molecule has 3 N–H and O–H groups in total. The molecule has 2 aromatic rings. The average Bonchev–Trinajstić information content (AvgIpc) is 2.65. The van der Waals surface area contributed by atoms with Crippen molar-refractivity contribution in [2.45, 2.75) is 0 Å². The standard InChI is InChI=1S/C9H7IN3O2S/c10-6-2-1-5(3-8(6)13(14)15)7-4-16-9(11)12-7/h1-4,14H,(H2,11,12)/q-1. The van der Waals surface area contributed by atoms with E-state index in [0.717, 1.165) is 5.56 Å². The summed E-state index contributed by atoms with van der Waals surface area (Å²) in [7, 11) is 0. The van der Waals surface area contributed by atoms with E-state index in [9.17, 15) is 5.21 Å². The first kappa shape index (κ1) is 11.6. The SMILES string of the molecule is Nc1nc(-c2ccc(I)c(N([O-])O)c2)cs1. The zero-order valence-electron chi connectivity index (χ0n) is 7.92. The Morgan fingerprint density at radius 1 is 1.50 bits per heavy atom. The molecule has 0 amide bonds. The molecule has 0 bridgehead atoms. The predicted octanol–water partition coefficient (Wildman–Crippen LogP) is 2.69. The molecule has 0 aliphatic heterocycles. The van der Waals surface area contributed by atoms with Gasteiger partial charge in [0.1, 0.15) is 0 Å². The van der Waals surface area contributed by atoms with Crippen molar-refractivity contribution >= 4 is 44.7 Å². The van der Waals surface area contributed by atoms with Gasteiger partial charge in [0.05, 0.1) is 11.4 Å². The third kappa shape index (κ3) is 2.26. The molecule has 7 heteroatoms. The molecule has 16 heavy (non-hydrogen) atoms. The van der Waals surface area contributed by atoms with Gasteiger partial charge in [-0.25, -0.2) is 4.98 Å². The molecule has 1 aromatic carbocycles. The largest absolute Gasteiger partial charge is 0.733 e. The van der Waals surface area contributed by atoms with E-state index in [4.69, 9.17) is 10.9 Å². The van der Waals surface area contributed by atoms with Gasteiger partial charge in [0, 0.05) is 14.5 Å². The molecule has 0 radical (unpaired) electrons. The minimum absolute atomic E-state index is 0.152. The molecule has 2 rings (SSSR count). The number of benzene rings is 1. The van der Waals surface area contributed by atoms with E-state index in [1.807, 2.05) is 28.7 Å². The molecular weight excluding hydrogens is 341 g/mol. The molecule has 1 aromatic heterocycles. The van der Waals surface area contributed by atoms with Gasteiger partial charge >= 0.3 is 0 Å². The van der Waals surface area contributed by atoms with E-state index < -0.39 is 0 Å². The summed E-state index contributed by atoms with van der Waals surface area (Å²) in [6.45, 7) is 0. The number of thiazole rings is 1. The zero-order chi connectivity index (χ0) is 11.7. The van der Waals surface area contributed by atoms with Crippen LogP contribution in [0.5, 0.6) is 0 Å². The minimum Gasteiger partial charge on any atom is -0.733 e. The topological polar surface area (TPSA) is 85.4 Å². The van der Waals surface area contributed by atoms with Crippen LogP contribution in [0.2, 0.25) is 0 Å². The van der Waals surface area contributed by atoms with Crippen molar-refractivity contribution < 1.29 is 5.21 Å². The Labute approximate surface area is 109 Å². The minimum atomic E-state index is -0.152. The molecule has 0 fully saturated rings. The van der Waals surface area contributed by atoms with E-state index in [1.165, 1.54) is 11.3 Å². The molecular formula is C9H7IN3O2S-. The molecule has 0 aliphatic carbocycles. The van der Waals surface area contributed by atoms with Crippen molar-refractivity contribution in [3.63, 3.8) is 0 Å². The lowest BCUT2D eigenvalue weighted by molar-refractivity contribution is 0.296. The number of aromatic nitrogens is 1. The summed E-state index contributed by atoms with van der Waals surface area (Å²) in [6, 6.07) is 5.13. The van der Waals surface area contributed by atoms with Crippen molar-refractivity contribution in [1.29, 1.82) is 0 Å². The fourth-order valence-corrected chi connectivity index (χ4v) is 2.35. The van der Waals surface area contributed by atoms with E-state index in [-0.39, 0.29) is 10.9 Å². The molecule has 5 nitrogen and oxygen atoms in total. The molecule has 0 unspecified atom stereocenters. The van der Waals surface area contributed by atoms with Crippen LogP contribution < -0.4 is 11.0 Å². The van der Waals surface area contributed by atoms with Crippen LogP contribution in [0, 0.1) is 8.78 Å². The summed E-state index contributed by atoms with van der Waals surface area (Å²) >= 11 is 3.30. The quantitative estimate of drug-likeness (QED) is 0.644. The van der Waals surface area contributed by atoms with E-state index in [1.54, 1.807) is 17.5 Å². The second-order valence-electron chi connectivity index (χ2n) is 3.01. The van der Waals surface area contributed by atoms with Gasteiger partial charge in [-0.15, -0.1) is 11.3 Å². The summed E-state index contributed by atoms with van der Waals surface area (Å²) in [5, 5.41) is 21.9. The summed E-state index contributed by atoms with van der Waals surface area (Å²) in [5.41, 5.74) is 7.17. The second kappa shape index (κ2) is 4.53. The first-order chi connectivity index (χ1) is 7.58. The van der Waals surface area contributed by atoms with Crippen LogP contribution in [0.25, 0.3) is 11.3 Å². The third-order valence-corrected chi connectivity index (χ3v) is 3.56. The van der Waals surface area contributed by atoms with Crippen LogP contribution in [-0.4, -0.2) is 10.2 Å².